The topological polar surface area (TPSA) is 62.5 Å². The summed E-state index contributed by atoms with van der Waals surface area (Å²) in [5.74, 6) is -0.398. The minimum Gasteiger partial charge on any atom is -0.475 e. The number of carboxylic acid groups (broad SMARTS) is 1. The van der Waals surface area contributed by atoms with Gasteiger partial charge < -0.3 is 14.8 Å². The number of carbonyl (C=O) groups is 1. The van der Waals surface area contributed by atoms with E-state index in [9.17, 15) is 4.79 Å². The lowest BCUT2D eigenvalue weighted by atomic mass is 9.82. The van der Waals surface area contributed by atoms with Crippen molar-refractivity contribution in [2.24, 2.45) is 5.41 Å². The zero-order valence-corrected chi connectivity index (χ0v) is 11.8. The Kier molecular flexibility index (Phi) is 4.22. The van der Waals surface area contributed by atoms with Gasteiger partial charge in [0.05, 0.1) is 6.54 Å². The molecule has 0 radical (unpaired) electrons. The molecule has 0 unspecified atom stereocenters. The van der Waals surface area contributed by atoms with Crippen molar-refractivity contribution in [1.82, 2.24) is 5.32 Å². The molecule has 0 amide bonds. The summed E-state index contributed by atoms with van der Waals surface area (Å²) < 4.78 is 5.21. The molecule has 102 valence electrons. The molecule has 0 aliphatic heterocycles. The van der Waals surface area contributed by atoms with Gasteiger partial charge in [-0.1, -0.05) is 20.8 Å². The molecule has 1 aromatic rings. The lowest BCUT2D eigenvalue weighted by Crippen LogP contribution is -2.41. The van der Waals surface area contributed by atoms with Crippen LogP contribution in [0.3, 0.4) is 0 Å². The van der Waals surface area contributed by atoms with Gasteiger partial charge in [-0.15, -0.1) is 0 Å². The van der Waals surface area contributed by atoms with E-state index in [0.717, 1.165) is 6.42 Å². The van der Waals surface area contributed by atoms with Crippen LogP contribution in [0.2, 0.25) is 0 Å². The fourth-order valence-corrected chi connectivity index (χ4v) is 2.30. The third kappa shape index (κ3) is 4.92. The van der Waals surface area contributed by atoms with Crippen molar-refractivity contribution < 1.29 is 14.3 Å². The first kappa shape index (κ1) is 14.8. The predicted octanol–water partition coefficient (Wildman–Crippen LogP) is 3.28. The van der Waals surface area contributed by atoms with E-state index in [0.29, 0.717) is 12.3 Å². The second kappa shape index (κ2) is 5.14. The van der Waals surface area contributed by atoms with E-state index in [-0.39, 0.29) is 16.7 Å². The van der Waals surface area contributed by atoms with Gasteiger partial charge in [-0.3, -0.25) is 0 Å². The maximum absolute atomic E-state index is 10.7. The Morgan fingerprint density at radius 2 is 1.89 bits per heavy atom. The van der Waals surface area contributed by atoms with E-state index in [2.05, 4.69) is 39.9 Å². The monoisotopic (exact) mass is 253 g/mol. The summed E-state index contributed by atoms with van der Waals surface area (Å²) in [4.78, 5) is 10.7. The van der Waals surface area contributed by atoms with Gasteiger partial charge in [-0.2, -0.15) is 0 Å². The number of carboxylic acids is 1. The van der Waals surface area contributed by atoms with Crippen molar-refractivity contribution in [1.29, 1.82) is 0 Å². The van der Waals surface area contributed by atoms with Crippen molar-refractivity contribution in [3.63, 3.8) is 0 Å². The molecular weight excluding hydrogens is 230 g/mol. The van der Waals surface area contributed by atoms with Gasteiger partial charge in [-0.05, 0) is 37.8 Å². The lowest BCUT2D eigenvalue weighted by molar-refractivity contribution is 0.0660. The average Bonchev–Trinajstić information content (AvgIpc) is 2.59. The molecule has 1 aromatic heterocycles. The number of nitrogens with one attached hydrogen (secondary N) is 1. The normalized spacial score (nSPS) is 12.7. The van der Waals surface area contributed by atoms with Crippen LogP contribution in [0, 0.1) is 5.41 Å². The molecule has 0 saturated carbocycles. The van der Waals surface area contributed by atoms with E-state index in [1.807, 2.05) is 0 Å². The van der Waals surface area contributed by atoms with Crippen LogP contribution >= 0.6 is 0 Å². The molecule has 4 nitrogen and oxygen atoms in total. The van der Waals surface area contributed by atoms with Crippen LogP contribution in [0.4, 0.5) is 0 Å². The van der Waals surface area contributed by atoms with Crippen LogP contribution in [-0.2, 0) is 6.54 Å². The van der Waals surface area contributed by atoms with Gasteiger partial charge in [0.2, 0.25) is 5.76 Å². The molecule has 2 N–H and O–H groups in total. The molecule has 0 aromatic carbocycles. The highest BCUT2D eigenvalue weighted by Crippen LogP contribution is 2.27. The summed E-state index contributed by atoms with van der Waals surface area (Å²) in [6, 6.07) is 3.18. The molecule has 1 heterocycles. The van der Waals surface area contributed by atoms with E-state index < -0.39 is 5.97 Å². The first-order valence-corrected chi connectivity index (χ1v) is 6.16. The van der Waals surface area contributed by atoms with Crippen LogP contribution in [0.1, 0.15) is 57.4 Å². The van der Waals surface area contributed by atoms with E-state index in [1.54, 1.807) is 6.07 Å². The largest absolute Gasteiger partial charge is 0.475 e. The average molecular weight is 253 g/mol. The van der Waals surface area contributed by atoms with Crippen molar-refractivity contribution >= 4 is 5.97 Å². The lowest BCUT2D eigenvalue weighted by Gasteiger charge is -2.33. The number of hydrogen-bond donors (Lipinski definition) is 2. The summed E-state index contributed by atoms with van der Waals surface area (Å²) in [5, 5.41) is 12.2. The smallest absolute Gasteiger partial charge is 0.371 e. The highest BCUT2D eigenvalue weighted by atomic mass is 16.4. The Morgan fingerprint density at radius 1 is 1.28 bits per heavy atom. The van der Waals surface area contributed by atoms with Crippen LogP contribution in [0.5, 0.6) is 0 Å². The maximum Gasteiger partial charge on any atom is 0.371 e. The van der Waals surface area contributed by atoms with E-state index in [1.165, 1.54) is 6.07 Å². The molecule has 0 aliphatic rings. The summed E-state index contributed by atoms with van der Waals surface area (Å²) >= 11 is 0. The molecule has 0 bridgehead atoms. The molecule has 18 heavy (non-hydrogen) atoms. The fourth-order valence-electron chi connectivity index (χ4n) is 2.30. The van der Waals surface area contributed by atoms with Gasteiger partial charge in [-0.25, -0.2) is 4.79 Å². The SMILES string of the molecule is CC(C)(C)CC(C)(C)NCc1ccc(C(=O)O)o1. The molecule has 0 fully saturated rings. The fraction of sp³-hybridized carbons (Fsp3) is 0.643. The van der Waals surface area contributed by atoms with Crippen LogP contribution in [0.15, 0.2) is 16.5 Å². The molecule has 4 heteroatoms. The third-order valence-electron chi connectivity index (χ3n) is 2.59. The van der Waals surface area contributed by atoms with E-state index >= 15 is 0 Å². The zero-order valence-electron chi connectivity index (χ0n) is 11.8. The molecular formula is C14H23NO3. The van der Waals surface area contributed by atoms with Crippen molar-refractivity contribution in [3.8, 4) is 0 Å². The number of furan rings is 1. The third-order valence-corrected chi connectivity index (χ3v) is 2.59. The predicted molar refractivity (Wildman–Crippen MR) is 70.7 cm³/mol. The first-order valence-electron chi connectivity index (χ1n) is 6.16. The Labute approximate surface area is 108 Å². The Hall–Kier alpha value is -1.29. The summed E-state index contributed by atoms with van der Waals surface area (Å²) in [6.07, 6.45) is 1.02. The van der Waals surface area contributed by atoms with E-state index in [4.69, 9.17) is 9.52 Å². The van der Waals surface area contributed by atoms with Gasteiger partial charge in [0.25, 0.3) is 0 Å². The van der Waals surface area contributed by atoms with Gasteiger partial charge in [0, 0.05) is 5.54 Å². The summed E-state index contributed by atoms with van der Waals surface area (Å²) in [7, 11) is 0. The second-order valence-electron chi connectivity index (χ2n) is 6.55. The summed E-state index contributed by atoms with van der Waals surface area (Å²) in [5.41, 5.74) is 0.223. The first-order chi connectivity index (χ1) is 8.09. The number of rotatable bonds is 5. The number of hydrogen-bond acceptors (Lipinski definition) is 3. The number of aromatic carboxylic acids is 1. The zero-order chi connectivity index (χ0) is 14.0. The van der Waals surface area contributed by atoms with Crippen molar-refractivity contribution in [2.75, 3.05) is 0 Å². The Balaban J connectivity index is 2.56. The molecule has 0 saturated heterocycles. The highest BCUT2D eigenvalue weighted by Gasteiger charge is 2.25. The molecule has 0 spiro atoms. The van der Waals surface area contributed by atoms with Crippen LogP contribution in [-0.4, -0.2) is 16.6 Å². The minimum atomic E-state index is -1.03. The Morgan fingerprint density at radius 3 is 2.33 bits per heavy atom. The molecule has 0 aliphatic carbocycles. The van der Waals surface area contributed by atoms with Crippen LogP contribution in [0.25, 0.3) is 0 Å². The quantitative estimate of drug-likeness (QED) is 0.845. The van der Waals surface area contributed by atoms with Gasteiger partial charge in [0.15, 0.2) is 0 Å². The summed E-state index contributed by atoms with van der Waals surface area (Å²) in [6.45, 7) is 11.4. The van der Waals surface area contributed by atoms with Crippen molar-refractivity contribution in [2.45, 2.75) is 53.1 Å². The minimum absolute atomic E-state index is 0.0135. The molecule has 1 rings (SSSR count). The Bertz CT molecular complexity index is 413. The van der Waals surface area contributed by atoms with Gasteiger partial charge in [0.1, 0.15) is 5.76 Å². The standard InChI is InChI=1S/C14H23NO3/c1-13(2,3)9-14(4,5)15-8-10-6-7-11(18-10)12(16)17/h6-7,15H,8-9H2,1-5H3,(H,16,17). The van der Waals surface area contributed by atoms with Crippen molar-refractivity contribution in [3.05, 3.63) is 23.7 Å². The second-order valence-corrected chi connectivity index (χ2v) is 6.55. The highest BCUT2D eigenvalue weighted by molar-refractivity contribution is 5.84. The van der Waals surface area contributed by atoms with Crippen LogP contribution < -0.4 is 5.32 Å². The van der Waals surface area contributed by atoms with Gasteiger partial charge >= 0.3 is 5.97 Å². The molecule has 0 atom stereocenters. The maximum atomic E-state index is 10.7.